The summed E-state index contributed by atoms with van der Waals surface area (Å²) in [7, 11) is 0. The van der Waals surface area contributed by atoms with Crippen molar-refractivity contribution in [3.63, 3.8) is 0 Å². The monoisotopic (exact) mass is 285 g/mol. The molecule has 0 radical (unpaired) electrons. The van der Waals surface area contributed by atoms with Gasteiger partial charge in [-0.05, 0) is 13.0 Å². The van der Waals surface area contributed by atoms with Crippen molar-refractivity contribution in [1.82, 2.24) is 4.98 Å². The summed E-state index contributed by atoms with van der Waals surface area (Å²) in [5.74, 6) is 4.30. The second-order valence-electron chi connectivity index (χ2n) is 4.01. The van der Waals surface area contributed by atoms with Crippen LogP contribution < -0.4 is 5.32 Å². The number of hydrogen-bond donors (Lipinski definition) is 1. The first kappa shape index (κ1) is 13.5. The second kappa shape index (κ2) is 6.29. The molecule has 7 heteroatoms. The Morgan fingerprint density at radius 2 is 2.39 bits per heavy atom. The van der Waals surface area contributed by atoms with Crippen LogP contribution in [-0.4, -0.2) is 39.0 Å². The summed E-state index contributed by atoms with van der Waals surface area (Å²) >= 11 is 3.95. The third kappa shape index (κ3) is 3.52. The average Bonchev–Trinajstić information content (AvgIpc) is 2.37. The van der Waals surface area contributed by atoms with Gasteiger partial charge in [0.2, 0.25) is 0 Å². The molecule has 0 aliphatic carbocycles. The van der Waals surface area contributed by atoms with Crippen molar-refractivity contribution in [3.8, 4) is 0 Å². The lowest BCUT2D eigenvalue weighted by Crippen LogP contribution is -2.23. The van der Waals surface area contributed by atoms with Crippen LogP contribution in [0.5, 0.6) is 0 Å². The predicted octanol–water partition coefficient (Wildman–Crippen LogP) is 2.56. The molecule has 0 spiro atoms. The van der Waals surface area contributed by atoms with Gasteiger partial charge in [0.05, 0.1) is 4.92 Å². The molecule has 1 unspecified atom stereocenters. The molecule has 5 nitrogen and oxygen atoms in total. The molecule has 1 aromatic rings. The van der Waals surface area contributed by atoms with E-state index in [9.17, 15) is 10.1 Å². The van der Waals surface area contributed by atoms with Crippen molar-refractivity contribution in [3.05, 3.63) is 27.9 Å². The fourth-order valence-corrected chi connectivity index (χ4v) is 4.33. The molecule has 1 aliphatic rings. The molecule has 1 N–H and O–H groups in total. The molecular weight excluding hydrogens is 270 g/mol. The van der Waals surface area contributed by atoms with Crippen molar-refractivity contribution in [2.45, 2.75) is 12.2 Å². The SMILES string of the molecule is Cc1nc(NCC2CSCCS2)ccc1[N+](=O)[O-]. The highest BCUT2D eigenvalue weighted by Crippen LogP contribution is 2.24. The van der Waals surface area contributed by atoms with Gasteiger partial charge in [-0.2, -0.15) is 23.5 Å². The standard InChI is InChI=1S/C11H15N3O2S2/c1-8-10(14(15)16)2-3-11(13-8)12-6-9-7-17-4-5-18-9/h2-3,9H,4-7H2,1H3,(H,12,13). The fraction of sp³-hybridized carbons (Fsp3) is 0.545. The van der Waals surface area contributed by atoms with Crippen LogP contribution >= 0.6 is 23.5 Å². The predicted molar refractivity (Wildman–Crippen MR) is 77.7 cm³/mol. The Hall–Kier alpha value is -0.950. The lowest BCUT2D eigenvalue weighted by molar-refractivity contribution is -0.385. The van der Waals surface area contributed by atoms with Crippen LogP contribution in [0.1, 0.15) is 5.69 Å². The summed E-state index contributed by atoms with van der Waals surface area (Å²) in [4.78, 5) is 14.5. The molecule has 0 amide bonds. The van der Waals surface area contributed by atoms with Crippen LogP contribution in [0.2, 0.25) is 0 Å². The summed E-state index contributed by atoms with van der Waals surface area (Å²) in [6.45, 7) is 2.52. The lowest BCUT2D eigenvalue weighted by Gasteiger charge is -2.21. The van der Waals surface area contributed by atoms with E-state index in [0.717, 1.165) is 12.3 Å². The van der Waals surface area contributed by atoms with Gasteiger partial charge in [-0.15, -0.1) is 0 Å². The topological polar surface area (TPSA) is 68.1 Å². The minimum Gasteiger partial charge on any atom is -0.369 e. The number of thioether (sulfide) groups is 2. The van der Waals surface area contributed by atoms with Crippen molar-refractivity contribution in [2.24, 2.45) is 0 Å². The Kier molecular flexibility index (Phi) is 4.71. The van der Waals surface area contributed by atoms with Crippen LogP contribution in [0.15, 0.2) is 12.1 Å². The molecule has 1 aliphatic heterocycles. The van der Waals surface area contributed by atoms with E-state index in [0.29, 0.717) is 16.8 Å². The molecule has 2 rings (SSSR count). The van der Waals surface area contributed by atoms with Crippen molar-refractivity contribution in [1.29, 1.82) is 0 Å². The maximum absolute atomic E-state index is 10.7. The van der Waals surface area contributed by atoms with E-state index in [-0.39, 0.29) is 5.69 Å². The van der Waals surface area contributed by atoms with Gasteiger partial charge >= 0.3 is 0 Å². The van der Waals surface area contributed by atoms with Crippen molar-refractivity contribution in [2.75, 3.05) is 29.1 Å². The third-order valence-electron chi connectivity index (χ3n) is 2.65. The van der Waals surface area contributed by atoms with E-state index in [1.54, 1.807) is 13.0 Å². The fourth-order valence-electron chi connectivity index (χ4n) is 1.72. The number of rotatable bonds is 4. The smallest absolute Gasteiger partial charge is 0.290 e. The zero-order chi connectivity index (χ0) is 13.0. The number of pyridine rings is 1. The Balaban J connectivity index is 1.93. The molecule has 2 heterocycles. The number of nitrogens with one attached hydrogen (secondary N) is 1. The van der Waals surface area contributed by atoms with Gasteiger partial charge in [0.1, 0.15) is 11.5 Å². The lowest BCUT2D eigenvalue weighted by atomic mass is 10.3. The molecule has 18 heavy (non-hydrogen) atoms. The molecule has 98 valence electrons. The Morgan fingerprint density at radius 3 is 3.00 bits per heavy atom. The van der Waals surface area contributed by atoms with Gasteiger partial charge in [-0.3, -0.25) is 10.1 Å². The van der Waals surface area contributed by atoms with Crippen LogP contribution in [0.3, 0.4) is 0 Å². The van der Waals surface area contributed by atoms with E-state index in [1.165, 1.54) is 17.6 Å². The molecular formula is C11H15N3O2S2. The van der Waals surface area contributed by atoms with Gasteiger partial charge in [0.25, 0.3) is 5.69 Å². The first-order valence-corrected chi connectivity index (χ1v) is 7.92. The van der Waals surface area contributed by atoms with Crippen LogP contribution in [0.25, 0.3) is 0 Å². The highest BCUT2D eigenvalue weighted by atomic mass is 32.2. The maximum Gasteiger partial charge on any atom is 0.290 e. The molecule has 0 saturated carbocycles. The first-order chi connectivity index (χ1) is 8.66. The molecule has 0 bridgehead atoms. The Bertz CT molecular complexity index is 436. The quantitative estimate of drug-likeness (QED) is 0.677. The first-order valence-electron chi connectivity index (χ1n) is 5.72. The van der Waals surface area contributed by atoms with Crippen LogP contribution in [-0.2, 0) is 0 Å². The average molecular weight is 285 g/mol. The largest absolute Gasteiger partial charge is 0.369 e. The number of hydrogen-bond acceptors (Lipinski definition) is 6. The van der Waals surface area contributed by atoms with Crippen LogP contribution in [0, 0.1) is 17.0 Å². The number of nitrogens with zero attached hydrogens (tertiary/aromatic N) is 2. The normalized spacial score (nSPS) is 19.5. The number of nitro groups is 1. The van der Waals surface area contributed by atoms with E-state index < -0.39 is 4.92 Å². The van der Waals surface area contributed by atoms with Crippen LogP contribution in [0.4, 0.5) is 11.5 Å². The minimum absolute atomic E-state index is 0.0724. The Labute approximate surface area is 114 Å². The third-order valence-corrected chi connectivity index (χ3v) is 5.50. The number of aromatic nitrogens is 1. The molecule has 1 atom stereocenters. The summed E-state index contributed by atoms with van der Waals surface area (Å²) in [6.07, 6.45) is 0. The van der Waals surface area contributed by atoms with Gasteiger partial charge in [-0.25, -0.2) is 4.98 Å². The van der Waals surface area contributed by atoms with E-state index in [4.69, 9.17) is 0 Å². The van der Waals surface area contributed by atoms with Gasteiger partial charge < -0.3 is 5.32 Å². The zero-order valence-corrected chi connectivity index (χ0v) is 11.7. The molecule has 0 aromatic carbocycles. The van der Waals surface area contributed by atoms with E-state index in [1.807, 2.05) is 23.5 Å². The van der Waals surface area contributed by atoms with E-state index >= 15 is 0 Å². The minimum atomic E-state index is -0.403. The summed E-state index contributed by atoms with van der Waals surface area (Å²) < 4.78 is 0. The highest BCUT2D eigenvalue weighted by Gasteiger charge is 2.15. The van der Waals surface area contributed by atoms with Gasteiger partial charge in [0, 0.05) is 35.1 Å². The zero-order valence-electron chi connectivity index (χ0n) is 10.1. The highest BCUT2D eigenvalue weighted by molar-refractivity contribution is 8.06. The summed E-state index contributed by atoms with van der Waals surface area (Å²) in [5, 5.41) is 14.5. The second-order valence-corrected chi connectivity index (χ2v) is 6.56. The van der Waals surface area contributed by atoms with Gasteiger partial charge in [0.15, 0.2) is 0 Å². The molecule has 1 saturated heterocycles. The Morgan fingerprint density at radius 1 is 1.56 bits per heavy atom. The molecule has 1 fully saturated rings. The summed E-state index contributed by atoms with van der Waals surface area (Å²) in [5.41, 5.74) is 0.527. The number of aryl methyl sites for hydroxylation is 1. The summed E-state index contributed by atoms with van der Waals surface area (Å²) in [6, 6.07) is 3.18. The van der Waals surface area contributed by atoms with Crippen molar-refractivity contribution < 1.29 is 4.92 Å². The number of anilines is 1. The van der Waals surface area contributed by atoms with Crippen molar-refractivity contribution >= 4 is 35.0 Å². The van der Waals surface area contributed by atoms with Gasteiger partial charge in [-0.1, -0.05) is 0 Å². The molecule has 1 aromatic heterocycles. The maximum atomic E-state index is 10.7. The van der Waals surface area contributed by atoms with E-state index in [2.05, 4.69) is 10.3 Å².